The third-order valence-corrected chi connectivity index (χ3v) is 4.13. The van der Waals surface area contributed by atoms with Crippen molar-refractivity contribution in [1.82, 2.24) is 25.7 Å². The lowest BCUT2D eigenvalue weighted by molar-refractivity contribution is -0.154. The van der Waals surface area contributed by atoms with Gasteiger partial charge in [0.15, 0.2) is 0 Å². The van der Waals surface area contributed by atoms with E-state index in [-0.39, 0.29) is 30.2 Å². The van der Waals surface area contributed by atoms with Crippen LogP contribution in [0.15, 0.2) is 18.2 Å². The number of nitrogens with zero attached hydrogens (tertiary/aromatic N) is 4. The Morgan fingerprint density at radius 2 is 2.07 bits per heavy atom. The molecule has 0 radical (unpaired) electrons. The van der Waals surface area contributed by atoms with Crippen LogP contribution < -0.4 is 10.9 Å². The van der Waals surface area contributed by atoms with Crippen LogP contribution in [0.2, 0.25) is 0 Å². The van der Waals surface area contributed by atoms with Gasteiger partial charge in [-0.1, -0.05) is 32.9 Å². The van der Waals surface area contributed by atoms with Crippen LogP contribution in [0.1, 0.15) is 39.2 Å². The van der Waals surface area contributed by atoms with E-state index >= 15 is 0 Å². The van der Waals surface area contributed by atoms with Crippen LogP contribution in [0.4, 0.5) is 5.95 Å². The first kappa shape index (κ1) is 20.5. The molecule has 0 aliphatic carbocycles. The number of hydrogen-bond acceptors (Lipinski definition) is 7. The summed E-state index contributed by atoms with van der Waals surface area (Å²) in [5, 5.41) is 18.0. The Labute approximate surface area is 158 Å². The van der Waals surface area contributed by atoms with Crippen LogP contribution in [0, 0.1) is 18.3 Å². The molecule has 2 aromatic rings. The summed E-state index contributed by atoms with van der Waals surface area (Å²) in [6.45, 7) is 8.01. The molecule has 1 aromatic carbocycles. The van der Waals surface area contributed by atoms with Crippen molar-refractivity contribution in [1.29, 1.82) is 0 Å². The summed E-state index contributed by atoms with van der Waals surface area (Å²) >= 11 is 0. The second kappa shape index (κ2) is 8.72. The summed E-state index contributed by atoms with van der Waals surface area (Å²) in [4.78, 5) is 27.6. The van der Waals surface area contributed by atoms with Gasteiger partial charge < -0.3 is 0 Å². The first-order valence-electron chi connectivity index (χ1n) is 8.76. The molecule has 0 saturated carbocycles. The first-order valence-corrected chi connectivity index (χ1v) is 8.76. The molecule has 0 saturated heterocycles. The molecule has 1 unspecified atom stereocenters. The Balaban J connectivity index is 2.05. The lowest BCUT2D eigenvalue weighted by atomic mass is 9.86. The van der Waals surface area contributed by atoms with Gasteiger partial charge in [-0.3, -0.25) is 25.6 Å². The number of amides is 2. The average Bonchev–Trinajstić information content (AvgIpc) is 2.62. The zero-order valence-corrected chi connectivity index (χ0v) is 16.1. The van der Waals surface area contributed by atoms with Gasteiger partial charge in [0.25, 0.3) is 5.95 Å². The number of fused-ring (bicyclic) bond motifs is 1. The Bertz CT molecular complexity index is 805. The summed E-state index contributed by atoms with van der Waals surface area (Å²) in [7, 11) is 0. The minimum Gasteiger partial charge on any atom is -0.286 e. The number of aryl methyl sites for hydroxylation is 1. The molecule has 3 N–H and O–H groups in total. The van der Waals surface area contributed by atoms with Gasteiger partial charge in [-0.2, -0.15) is 0 Å². The molecule has 146 valence electrons. The van der Waals surface area contributed by atoms with Crippen molar-refractivity contribution >= 4 is 29.3 Å². The molecule has 2 rings (SSSR count). The molecule has 1 atom stereocenters. The highest BCUT2D eigenvalue weighted by Crippen LogP contribution is 2.24. The Morgan fingerprint density at radius 1 is 1.33 bits per heavy atom. The molecule has 9 heteroatoms. The van der Waals surface area contributed by atoms with Gasteiger partial charge in [-0.05, 0) is 36.8 Å². The highest BCUT2D eigenvalue weighted by Gasteiger charge is 2.23. The van der Waals surface area contributed by atoms with E-state index in [1.54, 1.807) is 0 Å². The average molecular weight is 374 g/mol. The minimum absolute atomic E-state index is 0.0241. The molecular formula is C18H26N6O3. The molecule has 0 aliphatic heterocycles. The van der Waals surface area contributed by atoms with Crippen LogP contribution in [0.3, 0.4) is 0 Å². The third kappa shape index (κ3) is 6.14. The summed E-state index contributed by atoms with van der Waals surface area (Å²) in [5.74, 6) is -0.785. The third-order valence-electron chi connectivity index (χ3n) is 4.13. The number of nitrogens with one attached hydrogen (secondary N) is 2. The summed E-state index contributed by atoms with van der Waals surface area (Å²) in [5.41, 5.74) is 7.53. The van der Waals surface area contributed by atoms with E-state index in [1.165, 1.54) is 0 Å². The zero-order chi connectivity index (χ0) is 20.0. The fraction of sp³-hybridized carbons (Fsp3) is 0.500. The minimum atomic E-state index is -0.581. The highest BCUT2D eigenvalue weighted by molar-refractivity contribution is 5.81. The molecule has 0 bridgehead atoms. The van der Waals surface area contributed by atoms with Crippen LogP contribution in [0.5, 0.6) is 0 Å². The van der Waals surface area contributed by atoms with E-state index in [2.05, 4.69) is 46.8 Å². The van der Waals surface area contributed by atoms with Gasteiger partial charge in [-0.15, -0.1) is 10.2 Å². The van der Waals surface area contributed by atoms with E-state index in [4.69, 9.17) is 0 Å². The number of carbonyl (C=O) groups excluding carboxylic acids is 2. The van der Waals surface area contributed by atoms with Crippen LogP contribution in [-0.2, 0) is 9.59 Å². The predicted molar refractivity (Wildman–Crippen MR) is 101 cm³/mol. The number of hydrazine groups is 1. The molecule has 0 spiro atoms. The summed E-state index contributed by atoms with van der Waals surface area (Å²) in [6.07, 6.45) is 1.55. The molecule has 2 amide bonds. The van der Waals surface area contributed by atoms with Gasteiger partial charge in [0.2, 0.25) is 12.3 Å². The predicted octanol–water partition coefficient (Wildman–Crippen LogP) is 2.07. The van der Waals surface area contributed by atoms with Gasteiger partial charge in [0.1, 0.15) is 5.52 Å². The number of anilines is 1. The normalized spacial score (nSPS) is 12.5. The lowest BCUT2D eigenvalue weighted by Gasteiger charge is -2.24. The SMILES string of the molecule is Cc1cccc2nnc(NNC(=O)C(CCC(C)(C)C)CN(O)C=O)nc12. The van der Waals surface area contributed by atoms with Crippen molar-refractivity contribution in [2.24, 2.45) is 11.3 Å². The molecule has 1 aromatic heterocycles. The van der Waals surface area contributed by atoms with E-state index in [1.807, 2.05) is 25.1 Å². The molecule has 27 heavy (non-hydrogen) atoms. The topological polar surface area (TPSA) is 120 Å². The van der Waals surface area contributed by atoms with Crippen molar-refractivity contribution in [2.75, 3.05) is 12.0 Å². The number of hydrogen-bond donors (Lipinski definition) is 3. The summed E-state index contributed by atoms with van der Waals surface area (Å²) in [6, 6.07) is 5.59. The van der Waals surface area contributed by atoms with E-state index in [9.17, 15) is 14.8 Å². The number of para-hydroxylation sites is 1. The van der Waals surface area contributed by atoms with Crippen LogP contribution in [0.25, 0.3) is 11.0 Å². The molecule has 9 nitrogen and oxygen atoms in total. The largest absolute Gasteiger partial charge is 0.286 e. The van der Waals surface area contributed by atoms with Crippen molar-refractivity contribution in [3.8, 4) is 0 Å². The van der Waals surface area contributed by atoms with Crippen molar-refractivity contribution in [2.45, 2.75) is 40.5 Å². The van der Waals surface area contributed by atoms with Gasteiger partial charge in [0, 0.05) is 0 Å². The quantitative estimate of drug-likeness (QED) is 0.367. The smallest absolute Gasteiger partial charge is 0.262 e. The van der Waals surface area contributed by atoms with Crippen molar-refractivity contribution < 1.29 is 14.8 Å². The monoisotopic (exact) mass is 374 g/mol. The maximum absolute atomic E-state index is 12.5. The Hall–Kier alpha value is -2.81. The fourth-order valence-electron chi connectivity index (χ4n) is 2.55. The Morgan fingerprint density at radius 3 is 2.74 bits per heavy atom. The van der Waals surface area contributed by atoms with Gasteiger partial charge in [-0.25, -0.2) is 10.0 Å². The molecular weight excluding hydrogens is 348 g/mol. The first-order chi connectivity index (χ1) is 12.7. The van der Waals surface area contributed by atoms with Crippen LogP contribution in [-0.4, -0.2) is 44.3 Å². The highest BCUT2D eigenvalue weighted by atomic mass is 16.5. The second-order valence-corrected chi connectivity index (χ2v) is 7.72. The second-order valence-electron chi connectivity index (χ2n) is 7.72. The summed E-state index contributed by atoms with van der Waals surface area (Å²) < 4.78 is 0. The standard InChI is InChI=1S/C18H26N6O3/c1-12-6-5-7-14-15(12)19-17(22-20-14)23-21-16(26)13(10-24(27)11-25)8-9-18(2,3)4/h5-7,11,13,27H,8-10H2,1-4H3,(H,21,26)(H,19,22,23). The molecule has 0 aliphatic rings. The molecule has 0 fully saturated rings. The lowest BCUT2D eigenvalue weighted by Crippen LogP contribution is -2.41. The van der Waals surface area contributed by atoms with E-state index in [0.29, 0.717) is 22.5 Å². The van der Waals surface area contributed by atoms with Crippen LogP contribution >= 0.6 is 0 Å². The number of hydroxylamine groups is 2. The van der Waals surface area contributed by atoms with E-state index < -0.39 is 5.92 Å². The van der Waals surface area contributed by atoms with Crippen molar-refractivity contribution in [3.63, 3.8) is 0 Å². The number of benzene rings is 1. The fourth-order valence-corrected chi connectivity index (χ4v) is 2.55. The number of carbonyl (C=O) groups is 2. The maximum atomic E-state index is 12.5. The van der Waals surface area contributed by atoms with Crippen molar-refractivity contribution in [3.05, 3.63) is 23.8 Å². The number of aromatic nitrogens is 3. The maximum Gasteiger partial charge on any atom is 0.262 e. The van der Waals surface area contributed by atoms with Gasteiger partial charge >= 0.3 is 0 Å². The molecule has 1 heterocycles. The number of rotatable bonds is 8. The zero-order valence-electron chi connectivity index (χ0n) is 16.1. The Kier molecular flexibility index (Phi) is 6.62. The van der Waals surface area contributed by atoms with E-state index in [0.717, 1.165) is 12.0 Å². The van der Waals surface area contributed by atoms with Gasteiger partial charge in [0.05, 0.1) is 18.0 Å².